The number of hydrogen-bond donors (Lipinski definition) is 0. The fourth-order valence-corrected chi connectivity index (χ4v) is 1.68. The highest BCUT2D eigenvalue weighted by Gasteiger charge is 2.27. The zero-order valence-electron chi connectivity index (χ0n) is 13.4. The van der Waals surface area contributed by atoms with Crippen molar-refractivity contribution in [2.75, 3.05) is 13.7 Å². The summed E-state index contributed by atoms with van der Waals surface area (Å²) in [5, 5.41) is 15.6. The van der Waals surface area contributed by atoms with Gasteiger partial charge in [0, 0.05) is 19.3 Å². The number of benzene rings is 1. The van der Waals surface area contributed by atoms with Crippen molar-refractivity contribution in [3.63, 3.8) is 0 Å². The number of nitrogens with zero attached hydrogens (tertiary/aromatic N) is 3. The predicted molar refractivity (Wildman–Crippen MR) is 84.2 cm³/mol. The van der Waals surface area contributed by atoms with Crippen molar-refractivity contribution in [1.29, 1.82) is 0 Å². The van der Waals surface area contributed by atoms with E-state index in [0.29, 0.717) is 0 Å². The highest BCUT2D eigenvalue weighted by atomic mass is 19.3. The molecule has 0 fully saturated rings. The van der Waals surface area contributed by atoms with Crippen LogP contribution in [0.3, 0.4) is 0 Å². The molecule has 0 bridgehead atoms. The van der Waals surface area contributed by atoms with Gasteiger partial charge in [-0.05, 0) is 13.0 Å². The second-order valence-corrected chi connectivity index (χ2v) is 4.56. The Morgan fingerprint density at radius 1 is 1.40 bits per heavy atom. The number of halogens is 2. The van der Waals surface area contributed by atoms with Crippen molar-refractivity contribution in [2.24, 2.45) is 5.10 Å². The number of alkyl halides is 2. The second-order valence-electron chi connectivity index (χ2n) is 4.56. The zero-order valence-corrected chi connectivity index (χ0v) is 13.4. The average Bonchev–Trinajstić information content (AvgIpc) is 2.57. The lowest BCUT2D eigenvalue weighted by Gasteiger charge is -2.10. The number of Topliss-reactive ketones (excluding diaryl/α,β-unsaturated/α-hetero) is 1. The number of carbonyl (C=O) groups excluding carboxylic acids is 2. The van der Waals surface area contributed by atoms with Gasteiger partial charge in [-0.3, -0.25) is 19.9 Å². The number of hydrogen-bond acceptors (Lipinski definition) is 7. The molecule has 0 aliphatic rings. The quantitative estimate of drug-likeness (QED) is 0.135. The Labute approximate surface area is 141 Å². The van der Waals surface area contributed by atoms with Gasteiger partial charge in [0.2, 0.25) is 5.78 Å². The van der Waals surface area contributed by atoms with E-state index in [1.165, 1.54) is 32.2 Å². The van der Waals surface area contributed by atoms with Gasteiger partial charge in [0.15, 0.2) is 0 Å². The molecule has 134 valence electrons. The molecule has 0 unspecified atom stereocenters. The molecule has 1 aromatic rings. The fourth-order valence-electron chi connectivity index (χ4n) is 1.68. The molecule has 10 heteroatoms. The van der Waals surface area contributed by atoms with Crippen LogP contribution >= 0.6 is 0 Å². The summed E-state index contributed by atoms with van der Waals surface area (Å²) in [6.45, 7) is 1.36. The van der Waals surface area contributed by atoms with E-state index in [1.807, 2.05) is 0 Å². The molecule has 0 aliphatic heterocycles. The lowest BCUT2D eigenvalue weighted by molar-refractivity contribution is -0.385. The van der Waals surface area contributed by atoms with Gasteiger partial charge in [0.05, 0.1) is 23.3 Å². The van der Waals surface area contributed by atoms with E-state index in [9.17, 15) is 28.5 Å². The van der Waals surface area contributed by atoms with Gasteiger partial charge in [-0.1, -0.05) is 12.1 Å². The summed E-state index contributed by atoms with van der Waals surface area (Å²) in [6.07, 6.45) is -1.51. The average molecular weight is 355 g/mol. The van der Waals surface area contributed by atoms with Gasteiger partial charge in [0.25, 0.3) is 5.69 Å². The molecule has 8 nitrogen and oxygen atoms in total. The van der Waals surface area contributed by atoms with Crippen LogP contribution in [-0.2, 0) is 14.3 Å². The largest absolute Gasteiger partial charge is 0.462 e. The van der Waals surface area contributed by atoms with Crippen molar-refractivity contribution in [3.8, 4) is 0 Å². The Morgan fingerprint density at radius 2 is 2.04 bits per heavy atom. The number of esters is 1. The molecule has 0 amide bonds. The summed E-state index contributed by atoms with van der Waals surface area (Å²) in [7, 11) is 1.27. The minimum atomic E-state index is -3.39. The van der Waals surface area contributed by atoms with Crippen molar-refractivity contribution in [2.45, 2.75) is 13.3 Å². The summed E-state index contributed by atoms with van der Waals surface area (Å²) in [5.41, 5.74) is -0.928. The summed E-state index contributed by atoms with van der Waals surface area (Å²) >= 11 is 0. The van der Waals surface area contributed by atoms with Crippen LogP contribution in [0.5, 0.6) is 0 Å². The lowest BCUT2D eigenvalue weighted by atomic mass is 10.2. The predicted octanol–water partition coefficient (Wildman–Crippen LogP) is 2.14. The minimum absolute atomic E-state index is 0.101. The molecule has 1 rings (SSSR count). The van der Waals surface area contributed by atoms with Crippen LogP contribution in [0.15, 0.2) is 41.1 Å². The molecule has 25 heavy (non-hydrogen) atoms. The van der Waals surface area contributed by atoms with E-state index in [1.54, 1.807) is 6.07 Å². The summed E-state index contributed by atoms with van der Waals surface area (Å²) < 4.78 is 29.7. The maximum atomic E-state index is 12.6. The molecular formula is C15H15F2N3O5. The van der Waals surface area contributed by atoms with Gasteiger partial charge in [-0.15, -0.1) is 0 Å². The number of hydrazone groups is 1. The highest BCUT2D eigenvalue weighted by Crippen LogP contribution is 2.15. The Bertz CT molecular complexity index is 719. The number of rotatable bonds is 8. The molecule has 0 radical (unpaired) electrons. The molecule has 1 aromatic carbocycles. The SMILES string of the molecule is CCOC(=O)/C(=C\N(C)/N=C/c1ccccc1[N+](=O)[O-])C(=O)C(F)F. The standard InChI is InChI=1S/C15H15F2N3O5/c1-3-25-15(22)11(13(21)14(16)17)9-19(2)18-8-10-6-4-5-7-12(10)20(23)24/h4-9,14H,3H2,1-2H3/b11-9-,18-8+. The van der Waals surface area contributed by atoms with Crippen molar-refractivity contribution in [1.82, 2.24) is 5.01 Å². The van der Waals surface area contributed by atoms with Gasteiger partial charge >= 0.3 is 12.4 Å². The van der Waals surface area contributed by atoms with Crippen LogP contribution in [0, 0.1) is 10.1 Å². The first-order valence-corrected chi connectivity index (χ1v) is 6.99. The van der Waals surface area contributed by atoms with Crippen LogP contribution in [0.25, 0.3) is 0 Å². The van der Waals surface area contributed by atoms with Crippen LogP contribution < -0.4 is 0 Å². The van der Waals surface area contributed by atoms with E-state index in [-0.39, 0.29) is 17.9 Å². The third-order valence-corrected chi connectivity index (χ3v) is 2.79. The summed E-state index contributed by atoms with van der Waals surface area (Å²) in [6, 6.07) is 5.71. The third kappa shape index (κ3) is 5.75. The molecule has 0 saturated heterocycles. The number of ketones is 1. The molecule has 0 heterocycles. The summed E-state index contributed by atoms with van der Waals surface area (Å²) in [4.78, 5) is 33.3. The molecular weight excluding hydrogens is 340 g/mol. The van der Waals surface area contributed by atoms with E-state index >= 15 is 0 Å². The highest BCUT2D eigenvalue weighted by molar-refractivity contribution is 6.18. The lowest BCUT2D eigenvalue weighted by Crippen LogP contribution is -2.23. The first kappa shape index (κ1) is 19.9. The van der Waals surface area contributed by atoms with Gasteiger partial charge in [0.1, 0.15) is 5.57 Å². The van der Waals surface area contributed by atoms with Crippen molar-refractivity contribution in [3.05, 3.63) is 51.7 Å². The van der Waals surface area contributed by atoms with E-state index in [2.05, 4.69) is 9.84 Å². The van der Waals surface area contributed by atoms with Gasteiger partial charge < -0.3 is 4.74 Å². The van der Waals surface area contributed by atoms with Crippen molar-refractivity contribution < 1.29 is 28.0 Å². The Balaban J connectivity index is 3.08. The van der Waals surface area contributed by atoms with E-state index in [4.69, 9.17) is 0 Å². The van der Waals surface area contributed by atoms with Crippen LogP contribution in [0.1, 0.15) is 12.5 Å². The fraction of sp³-hybridized carbons (Fsp3) is 0.267. The minimum Gasteiger partial charge on any atom is -0.462 e. The summed E-state index contributed by atoms with van der Waals surface area (Å²) in [5.74, 6) is -2.91. The van der Waals surface area contributed by atoms with Crippen LogP contribution in [0.2, 0.25) is 0 Å². The molecule has 0 spiro atoms. The van der Waals surface area contributed by atoms with Gasteiger partial charge in [-0.2, -0.15) is 5.10 Å². The Morgan fingerprint density at radius 3 is 2.60 bits per heavy atom. The smallest absolute Gasteiger partial charge is 0.343 e. The second kappa shape index (κ2) is 9.21. The Hall–Kier alpha value is -3.17. The monoisotopic (exact) mass is 355 g/mol. The van der Waals surface area contributed by atoms with E-state index in [0.717, 1.165) is 17.4 Å². The maximum Gasteiger partial charge on any atom is 0.343 e. The topological polar surface area (TPSA) is 102 Å². The van der Waals surface area contributed by atoms with Crippen LogP contribution in [-0.4, -0.2) is 48.0 Å². The first-order chi connectivity index (χ1) is 11.8. The molecule has 0 atom stereocenters. The molecule has 0 aromatic heterocycles. The van der Waals surface area contributed by atoms with Gasteiger partial charge in [-0.25, -0.2) is 13.6 Å². The number of ether oxygens (including phenoxy) is 1. The first-order valence-electron chi connectivity index (χ1n) is 6.99. The normalized spacial score (nSPS) is 11.6. The van der Waals surface area contributed by atoms with Crippen molar-refractivity contribution >= 4 is 23.7 Å². The molecule has 0 saturated carbocycles. The number of carbonyl (C=O) groups is 2. The molecule has 0 N–H and O–H groups in total. The molecule has 0 aliphatic carbocycles. The third-order valence-electron chi connectivity index (χ3n) is 2.79. The van der Waals surface area contributed by atoms with Crippen LogP contribution in [0.4, 0.5) is 14.5 Å². The van der Waals surface area contributed by atoms with E-state index < -0.39 is 28.7 Å². The Kier molecular flexibility index (Phi) is 7.32. The number of para-hydroxylation sites is 1. The zero-order chi connectivity index (χ0) is 19.0. The number of nitro benzene ring substituents is 1. The maximum absolute atomic E-state index is 12.6. The number of nitro groups is 1.